The van der Waals surface area contributed by atoms with Crippen molar-refractivity contribution < 1.29 is 9.53 Å². The monoisotopic (exact) mass is 168 g/mol. The zero-order valence-electron chi connectivity index (χ0n) is 7.25. The summed E-state index contributed by atoms with van der Waals surface area (Å²) in [5.74, 6) is 0.588. The van der Waals surface area contributed by atoms with Crippen LogP contribution >= 0.6 is 0 Å². The maximum Gasteiger partial charge on any atom is 0.217 e. The van der Waals surface area contributed by atoms with Crippen LogP contribution in [0, 0.1) is 12.3 Å². The molecule has 0 aromatic carbocycles. The molecule has 0 bridgehead atoms. The van der Waals surface area contributed by atoms with Gasteiger partial charge in [0.2, 0.25) is 5.91 Å². The molecule has 1 amide bonds. The average molecular weight is 168 g/mol. The smallest absolute Gasteiger partial charge is 0.217 e. The predicted molar refractivity (Wildman–Crippen MR) is 44.4 cm³/mol. The molecule has 0 spiro atoms. The fraction of sp³-hybridized carbons (Fsp3) is 0.778. The van der Waals surface area contributed by atoms with Crippen LogP contribution in [-0.2, 0) is 9.53 Å². The fourth-order valence-electron chi connectivity index (χ4n) is 2.16. The summed E-state index contributed by atoms with van der Waals surface area (Å²) in [5.41, 5.74) is 0. The van der Waals surface area contributed by atoms with Gasteiger partial charge >= 0.3 is 0 Å². The number of hydrogen-bond acceptors (Lipinski definition) is 2. The molecular weight excluding hydrogens is 154 g/mol. The largest absolute Gasteiger partial charge is 0.376 e. The van der Waals surface area contributed by atoms with Gasteiger partial charge in [0.05, 0.1) is 18.8 Å². The first kappa shape index (κ1) is 8.05. The summed E-state index contributed by atoms with van der Waals surface area (Å²) in [4.78, 5) is 10.8. The van der Waals surface area contributed by atoms with Crippen LogP contribution in [0.3, 0.4) is 0 Å². The van der Waals surface area contributed by atoms with Gasteiger partial charge < -0.3 is 10.1 Å². The molecule has 1 radical (unpaired) electrons. The topological polar surface area (TPSA) is 38.3 Å². The van der Waals surface area contributed by atoms with Gasteiger partial charge in [-0.15, -0.1) is 0 Å². The highest BCUT2D eigenvalue weighted by atomic mass is 16.5. The minimum atomic E-state index is 0.0520. The van der Waals surface area contributed by atoms with Gasteiger partial charge in [-0.2, -0.15) is 0 Å². The van der Waals surface area contributed by atoms with Crippen molar-refractivity contribution in [3.63, 3.8) is 0 Å². The van der Waals surface area contributed by atoms with E-state index in [1.807, 2.05) is 0 Å². The lowest BCUT2D eigenvalue weighted by Crippen LogP contribution is -2.38. The predicted octanol–water partition coefficient (Wildman–Crippen LogP) is 0.504. The molecule has 0 aromatic rings. The molecule has 1 saturated carbocycles. The highest BCUT2D eigenvalue weighted by Gasteiger charge is 2.40. The summed E-state index contributed by atoms with van der Waals surface area (Å²) in [5, 5.41) is 2.93. The third-order valence-corrected chi connectivity index (χ3v) is 2.71. The van der Waals surface area contributed by atoms with E-state index >= 15 is 0 Å². The lowest BCUT2D eigenvalue weighted by Gasteiger charge is -2.15. The normalized spacial score (nSPS) is 39.6. The molecule has 3 atom stereocenters. The molecule has 1 N–H and O–H groups in total. The van der Waals surface area contributed by atoms with Gasteiger partial charge in [0.15, 0.2) is 0 Å². The molecule has 1 saturated heterocycles. The van der Waals surface area contributed by atoms with Crippen LogP contribution in [0.2, 0.25) is 0 Å². The van der Waals surface area contributed by atoms with Gasteiger partial charge in [0.25, 0.3) is 0 Å². The second-order valence-electron chi connectivity index (χ2n) is 3.60. The summed E-state index contributed by atoms with van der Waals surface area (Å²) >= 11 is 0. The Labute approximate surface area is 72.5 Å². The van der Waals surface area contributed by atoms with Crippen molar-refractivity contribution in [1.29, 1.82) is 0 Å². The molecule has 2 rings (SSSR count). The molecule has 0 unspecified atom stereocenters. The first-order valence-electron chi connectivity index (χ1n) is 4.48. The van der Waals surface area contributed by atoms with Crippen molar-refractivity contribution in [2.45, 2.75) is 31.9 Å². The lowest BCUT2D eigenvalue weighted by molar-refractivity contribution is -0.119. The second kappa shape index (κ2) is 3.05. The van der Waals surface area contributed by atoms with Crippen molar-refractivity contribution in [2.24, 2.45) is 5.92 Å². The zero-order valence-corrected chi connectivity index (χ0v) is 7.25. The molecular formula is C9H14NO2. The Morgan fingerprint density at radius 2 is 2.42 bits per heavy atom. The number of carbonyl (C=O) groups is 1. The van der Waals surface area contributed by atoms with E-state index in [9.17, 15) is 4.79 Å². The Hall–Kier alpha value is -0.570. The minimum Gasteiger partial charge on any atom is -0.376 e. The zero-order chi connectivity index (χ0) is 8.55. The second-order valence-corrected chi connectivity index (χ2v) is 3.60. The maximum atomic E-state index is 10.8. The van der Waals surface area contributed by atoms with Crippen LogP contribution in [0.4, 0.5) is 0 Å². The number of amides is 1. The van der Waals surface area contributed by atoms with E-state index in [2.05, 4.69) is 11.7 Å². The average Bonchev–Trinajstić information content (AvgIpc) is 2.52. The maximum absolute atomic E-state index is 10.8. The summed E-state index contributed by atoms with van der Waals surface area (Å²) in [6, 6.07) is 0.256. The highest BCUT2D eigenvalue weighted by Crippen LogP contribution is 2.35. The van der Waals surface area contributed by atoms with E-state index in [1.54, 1.807) is 6.92 Å². The molecule has 2 fully saturated rings. The van der Waals surface area contributed by atoms with Crippen LogP contribution in [-0.4, -0.2) is 24.7 Å². The highest BCUT2D eigenvalue weighted by molar-refractivity contribution is 5.73. The summed E-state index contributed by atoms with van der Waals surface area (Å²) < 4.78 is 5.54. The van der Waals surface area contributed by atoms with Crippen molar-refractivity contribution >= 4 is 5.91 Å². The fourth-order valence-corrected chi connectivity index (χ4v) is 2.16. The van der Waals surface area contributed by atoms with Gasteiger partial charge in [0, 0.05) is 12.8 Å². The van der Waals surface area contributed by atoms with Crippen molar-refractivity contribution in [1.82, 2.24) is 5.32 Å². The van der Waals surface area contributed by atoms with E-state index < -0.39 is 0 Å². The van der Waals surface area contributed by atoms with E-state index in [0.717, 1.165) is 12.8 Å². The van der Waals surface area contributed by atoms with Crippen LogP contribution in [0.25, 0.3) is 0 Å². The number of rotatable bonds is 1. The number of carbonyl (C=O) groups excluding carboxylic acids is 1. The van der Waals surface area contributed by atoms with Gasteiger partial charge in [-0.05, 0) is 19.3 Å². The molecule has 2 aliphatic rings. The number of fused-ring (bicyclic) bond motifs is 1. The summed E-state index contributed by atoms with van der Waals surface area (Å²) in [6.07, 6.45) is 4.78. The molecule has 12 heavy (non-hydrogen) atoms. The quantitative estimate of drug-likeness (QED) is 0.619. The van der Waals surface area contributed by atoms with Crippen LogP contribution in [0.1, 0.15) is 19.8 Å². The first-order chi connectivity index (χ1) is 5.77. The first-order valence-corrected chi connectivity index (χ1v) is 4.48. The Balaban J connectivity index is 1.95. The van der Waals surface area contributed by atoms with Crippen LogP contribution in [0.15, 0.2) is 0 Å². The van der Waals surface area contributed by atoms with Crippen molar-refractivity contribution in [3.8, 4) is 0 Å². The van der Waals surface area contributed by atoms with E-state index in [0.29, 0.717) is 18.6 Å². The van der Waals surface area contributed by atoms with Gasteiger partial charge in [-0.1, -0.05) is 0 Å². The molecule has 1 aliphatic carbocycles. The Morgan fingerprint density at radius 1 is 1.58 bits per heavy atom. The SMILES string of the molecule is CC(=O)N[C@@H]1CO[C@@H]2C[CH]C[C@H]12. The Bertz CT molecular complexity index is 193. The molecule has 67 valence electrons. The van der Waals surface area contributed by atoms with Gasteiger partial charge in [-0.25, -0.2) is 0 Å². The molecule has 0 aromatic heterocycles. The van der Waals surface area contributed by atoms with Crippen LogP contribution < -0.4 is 5.32 Å². The molecule has 1 aliphatic heterocycles. The number of ether oxygens (including phenoxy) is 1. The Morgan fingerprint density at radius 3 is 3.17 bits per heavy atom. The molecule has 3 nitrogen and oxygen atoms in total. The van der Waals surface area contributed by atoms with Gasteiger partial charge in [-0.3, -0.25) is 4.79 Å². The molecule has 3 heteroatoms. The number of hydrogen-bond donors (Lipinski definition) is 1. The van der Waals surface area contributed by atoms with E-state index in [-0.39, 0.29) is 11.9 Å². The van der Waals surface area contributed by atoms with Crippen LogP contribution in [0.5, 0.6) is 0 Å². The van der Waals surface area contributed by atoms with Crippen molar-refractivity contribution in [2.75, 3.05) is 6.61 Å². The third kappa shape index (κ3) is 1.33. The Kier molecular flexibility index (Phi) is 2.05. The van der Waals surface area contributed by atoms with E-state index in [1.165, 1.54) is 0 Å². The van der Waals surface area contributed by atoms with Gasteiger partial charge in [0.1, 0.15) is 0 Å². The minimum absolute atomic E-state index is 0.0520. The standard InChI is InChI=1S/C9H14NO2/c1-6(11)10-8-5-12-9-4-2-3-7(8)9/h2,7-9H,3-5H2,1H3,(H,10,11)/t7-,8-,9-/m1/s1. The molecule has 1 heterocycles. The summed E-state index contributed by atoms with van der Waals surface area (Å²) in [7, 11) is 0. The van der Waals surface area contributed by atoms with E-state index in [4.69, 9.17) is 4.74 Å². The number of nitrogens with one attached hydrogen (secondary N) is 1. The third-order valence-electron chi connectivity index (χ3n) is 2.71. The summed E-state index contributed by atoms with van der Waals surface area (Å²) in [6.45, 7) is 2.26. The lowest BCUT2D eigenvalue weighted by atomic mass is 10.00. The van der Waals surface area contributed by atoms with Crippen molar-refractivity contribution in [3.05, 3.63) is 6.42 Å².